The minimum Gasteiger partial charge on any atom is -0.293 e. The van der Waals surface area contributed by atoms with Gasteiger partial charge in [0.1, 0.15) is 0 Å². The van der Waals surface area contributed by atoms with Gasteiger partial charge in [0.25, 0.3) is 5.56 Å². The van der Waals surface area contributed by atoms with Crippen LogP contribution in [0.5, 0.6) is 0 Å². The fourth-order valence-electron chi connectivity index (χ4n) is 3.36. The quantitative estimate of drug-likeness (QED) is 0.538. The van der Waals surface area contributed by atoms with Crippen molar-refractivity contribution in [1.29, 1.82) is 0 Å². The van der Waals surface area contributed by atoms with Gasteiger partial charge in [0.2, 0.25) is 0 Å². The Kier molecular flexibility index (Phi) is 4.82. The third-order valence-electron chi connectivity index (χ3n) is 4.61. The third-order valence-corrected chi connectivity index (χ3v) is 4.86. The Labute approximate surface area is 162 Å². The molecule has 0 saturated carbocycles. The van der Waals surface area contributed by atoms with E-state index in [0.29, 0.717) is 17.1 Å². The van der Waals surface area contributed by atoms with E-state index in [4.69, 9.17) is 16.6 Å². The number of H-pyrrole nitrogens is 1. The summed E-state index contributed by atoms with van der Waals surface area (Å²) >= 11 is 6.07. The normalized spacial score (nSPS) is 11.2. The van der Waals surface area contributed by atoms with Crippen molar-refractivity contribution in [3.05, 3.63) is 93.0 Å². The van der Waals surface area contributed by atoms with Crippen molar-refractivity contribution >= 4 is 17.2 Å². The topological polar surface area (TPSA) is 50.2 Å². The molecule has 0 saturated heterocycles. The first-order chi connectivity index (χ1) is 13.2. The van der Waals surface area contributed by atoms with Crippen LogP contribution >= 0.6 is 11.6 Å². The summed E-state index contributed by atoms with van der Waals surface area (Å²) in [5.74, 6) is 0. The van der Waals surface area contributed by atoms with Gasteiger partial charge >= 0.3 is 0 Å². The Bertz CT molecular complexity index is 1130. The van der Waals surface area contributed by atoms with E-state index in [0.717, 1.165) is 35.4 Å². The van der Waals surface area contributed by atoms with Gasteiger partial charge < -0.3 is 0 Å². The molecule has 0 bridgehead atoms. The molecule has 136 valence electrons. The van der Waals surface area contributed by atoms with Crippen LogP contribution in [0, 0.1) is 0 Å². The number of hydrogen-bond donors (Lipinski definition) is 1. The van der Waals surface area contributed by atoms with E-state index in [1.54, 1.807) is 10.6 Å². The smallest absolute Gasteiger partial charge is 0.272 e. The van der Waals surface area contributed by atoms with E-state index < -0.39 is 0 Å². The van der Waals surface area contributed by atoms with Crippen LogP contribution in [0.3, 0.4) is 0 Å². The molecule has 4 nitrogen and oxygen atoms in total. The second-order valence-corrected chi connectivity index (χ2v) is 7.07. The fourth-order valence-corrected chi connectivity index (χ4v) is 3.49. The monoisotopic (exact) mass is 377 g/mol. The summed E-state index contributed by atoms with van der Waals surface area (Å²) < 4.78 is 1.54. The zero-order valence-corrected chi connectivity index (χ0v) is 15.8. The van der Waals surface area contributed by atoms with Crippen LogP contribution in [0.2, 0.25) is 5.02 Å². The highest BCUT2D eigenvalue weighted by Crippen LogP contribution is 2.29. The maximum atomic E-state index is 12.6. The number of rotatable bonds is 5. The molecule has 4 aromatic rings. The van der Waals surface area contributed by atoms with Crippen molar-refractivity contribution in [2.45, 2.75) is 26.2 Å². The number of aromatic amines is 1. The number of benzene rings is 2. The van der Waals surface area contributed by atoms with E-state index in [1.165, 1.54) is 5.56 Å². The molecule has 0 radical (unpaired) electrons. The number of aromatic nitrogens is 3. The van der Waals surface area contributed by atoms with Crippen molar-refractivity contribution < 1.29 is 0 Å². The molecule has 0 atom stereocenters. The van der Waals surface area contributed by atoms with Crippen molar-refractivity contribution in [2.24, 2.45) is 0 Å². The summed E-state index contributed by atoms with van der Waals surface area (Å²) in [6, 6.07) is 19.5. The second kappa shape index (κ2) is 7.41. The molecule has 27 heavy (non-hydrogen) atoms. The lowest BCUT2D eigenvalue weighted by molar-refractivity contribution is 0.827. The number of fused-ring (bicyclic) bond motifs is 1. The standard InChI is InChI=1S/C22H20ClN3O/c1-2-6-18-14-20(27)26-22(24-18)21(16-9-11-17(23)12-10-16)19(25-26)13-15-7-4-3-5-8-15/h3-5,7-12,14,25H,2,6,13H2,1H3. The van der Waals surface area contributed by atoms with Crippen LogP contribution < -0.4 is 5.56 Å². The third kappa shape index (κ3) is 3.53. The van der Waals surface area contributed by atoms with Gasteiger partial charge in [0.15, 0.2) is 5.65 Å². The average Bonchev–Trinajstić information content (AvgIpc) is 3.02. The Morgan fingerprint density at radius 2 is 1.81 bits per heavy atom. The van der Waals surface area contributed by atoms with Gasteiger partial charge in [-0.15, -0.1) is 0 Å². The number of nitrogens with one attached hydrogen (secondary N) is 1. The second-order valence-electron chi connectivity index (χ2n) is 6.63. The summed E-state index contributed by atoms with van der Waals surface area (Å²) in [5, 5.41) is 3.95. The first-order valence-electron chi connectivity index (χ1n) is 9.09. The molecular formula is C22H20ClN3O. The van der Waals surface area contributed by atoms with E-state index in [1.807, 2.05) is 42.5 Å². The average molecular weight is 378 g/mol. The van der Waals surface area contributed by atoms with Gasteiger partial charge in [0, 0.05) is 34.5 Å². The zero-order valence-electron chi connectivity index (χ0n) is 15.1. The molecule has 0 amide bonds. The molecule has 0 aliphatic rings. The van der Waals surface area contributed by atoms with Gasteiger partial charge in [-0.05, 0) is 29.7 Å². The molecule has 2 aromatic carbocycles. The highest BCUT2D eigenvalue weighted by atomic mass is 35.5. The highest BCUT2D eigenvalue weighted by Gasteiger charge is 2.17. The van der Waals surface area contributed by atoms with Gasteiger partial charge in [-0.25, -0.2) is 9.50 Å². The summed E-state index contributed by atoms with van der Waals surface area (Å²) in [6.07, 6.45) is 2.41. The Morgan fingerprint density at radius 1 is 1.07 bits per heavy atom. The minimum atomic E-state index is -0.0852. The predicted molar refractivity (Wildman–Crippen MR) is 110 cm³/mol. The Morgan fingerprint density at radius 3 is 2.52 bits per heavy atom. The molecule has 0 spiro atoms. The summed E-state index contributed by atoms with van der Waals surface area (Å²) in [4.78, 5) is 17.4. The van der Waals surface area contributed by atoms with Crippen LogP contribution in [0.1, 0.15) is 30.3 Å². The van der Waals surface area contributed by atoms with Crippen LogP contribution in [0.25, 0.3) is 16.8 Å². The number of nitrogens with zero attached hydrogens (tertiary/aromatic N) is 2. The number of aryl methyl sites for hydroxylation is 1. The lowest BCUT2D eigenvalue weighted by Crippen LogP contribution is -2.15. The molecule has 4 rings (SSSR count). The lowest BCUT2D eigenvalue weighted by Gasteiger charge is -2.05. The molecule has 2 aromatic heterocycles. The van der Waals surface area contributed by atoms with Gasteiger partial charge in [-0.2, -0.15) is 0 Å². The van der Waals surface area contributed by atoms with Gasteiger partial charge in [-0.3, -0.25) is 9.89 Å². The molecular weight excluding hydrogens is 358 g/mol. The van der Waals surface area contributed by atoms with Crippen LogP contribution in [-0.2, 0) is 12.8 Å². The molecule has 0 unspecified atom stereocenters. The first-order valence-corrected chi connectivity index (χ1v) is 9.47. The van der Waals surface area contributed by atoms with Gasteiger partial charge in [0.05, 0.1) is 0 Å². The largest absolute Gasteiger partial charge is 0.293 e. The van der Waals surface area contributed by atoms with E-state index in [2.05, 4.69) is 24.2 Å². The molecule has 0 fully saturated rings. The minimum absolute atomic E-state index is 0.0852. The van der Waals surface area contributed by atoms with E-state index >= 15 is 0 Å². The van der Waals surface area contributed by atoms with Crippen LogP contribution in [0.15, 0.2) is 65.5 Å². The highest BCUT2D eigenvalue weighted by molar-refractivity contribution is 6.30. The van der Waals surface area contributed by atoms with Crippen molar-refractivity contribution in [3.8, 4) is 11.1 Å². The Hall–Kier alpha value is -2.85. The first kappa shape index (κ1) is 17.6. The zero-order chi connectivity index (χ0) is 18.8. The maximum Gasteiger partial charge on any atom is 0.272 e. The molecule has 5 heteroatoms. The van der Waals surface area contributed by atoms with Crippen molar-refractivity contribution in [3.63, 3.8) is 0 Å². The molecule has 0 aliphatic heterocycles. The van der Waals surface area contributed by atoms with E-state index in [-0.39, 0.29) is 5.56 Å². The van der Waals surface area contributed by atoms with Gasteiger partial charge in [-0.1, -0.05) is 67.4 Å². The van der Waals surface area contributed by atoms with E-state index in [9.17, 15) is 4.79 Å². The van der Waals surface area contributed by atoms with Crippen LogP contribution in [-0.4, -0.2) is 14.6 Å². The molecule has 1 N–H and O–H groups in total. The maximum absolute atomic E-state index is 12.6. The Balaban J connectivity index is 1.95. The number of halogens is 1. The van der Waals surface area contributed by atoms with Crippen LogP contribution in [0.4, 0.5) is 0 Å². The fraction of sp³-hybridized carbons (Fsp3) is 0.182. The SMILES string of the molecule is CCCc1cc(=O)n2[nH]c(Cc3ccccc3)c(-c3ccc(Cl)cc3)c2n1. The lowest BCUT2D eigenvalue weighted by atomic mass is 10.0. The van der Waals surface area contributed by atoms with Crippen molar-refractivity contribution in [2.75, 3.05) is 0 Å². The summed E-state index contributed by atoms with van der Waals surface area (Å²) in [6.45, 7) is 2.08. The number of hydrogen-bond acceptors (Lipinski definition) is 2. The molecule has 0 aliphatic carbocycles. The summed E-state index contributed by atoms with van der Waals surface area (Å²) in [5.41, 5.74) is 5.47. The van der Waals surface area contributed by atoms with Crippen molar-refractivity contribution in [1.82, 2.24) is 14.6 Å². The molecule has 2 heterocycles. The summed E-state index contributed by atoms with van der Waals surface area (Å²) in [7, 11) is 0. The predicted octanol–water partition coefficient (Wildman–Crippen LogP) is 4.89.